The molecule has 1 atom stereocenters. The van der Waals surface area contributed by atoms with E-state index in [4.69, 9.17) is 11.6 Å². The van der Waals surface area contributed by atoms with E-state index in [0.29, 0.717) is 16.3 Å². The second kappa shape index (κ2) is 13.6. The number of rotatable bonds is 12. The molecule has 0 aliphatic carbocycles. The van der Waals surface area contributed by atoms with Crippen molar-refractivity contribution < 1.29 is 22.4 Å². The first kappa shape index (κ1) is 30.1. The molecule has 0 radical (unpaired) electrons. The van der Waals surface area contributed by atoms with Crippen LogP contribution >= 0.6 is 11.6 Å². The summed E-state index contributed by atoms with van der Waals surface area (Å²) in [6, 6.07) is 19.3. The van der Waals surface area contributed by atoms with Crippen LogP contribution in [-0.2, 0) is 32.6 Å². The predicted octanol–water partition coefficient (Wildman–Crippen LogP) is 4.72. The summed E-state index contributed by atoms with van der Waals surface area (Å²) < 4.78 is 40.0. The molecule has 10 heteroatoms. The maximum atomic E-state index is 13.6. The highest BCUT2D eigenvalue weighted by Gasteiger charge is 2.30. The lowest BCUT2D eigenvalue weighted by molar-refractivity contribution is -0.141. The first-order valence-corrected chi connectivity index (χ1v) is 14.8. The number of halogens is 2. The number of aryl methyl sites for hydroxylation is 1. The minimum absolute atomic E-state index is 0.00485. The van der Waals surface area contributed by atoms with Crippen molar-refractivity contribution in [3.8, 4) is 0 Å². The van der Waals surface area contributed by atoms with Gasteiger partial charge < -0.3 is 10.2 Å². The van der Waals surface area contributed by atoms with Gasteiger partial charge in [-0.2, -0.15) is 0 Å². The summed E-state index contributed by atoms with van der Waals surface area (Å²) >= 11 is 6.12. The highest BCUT2D eigenvalue weighted by molar-refractivity contribution is 7.92. The fourth-order valence-corrected chi connectivity index (χ4v) is 5.52. The Hall–Kier alpha value is -3.43. The molecular weight excluding hydrogens is 541 g/mol. The Labute approximate surface area is 234 Å². The van der Waals surface area contributed by atoms with Gasteiger partial charge in [0.2, 0.25) is 21.8 Å². The molecule has 0 bridgehead atoms. The molecule has 0 saturated carbocycles. The third-order valence-electron chi connectivity index (χ3n) is 6.38. The van der Waals surface area contributed by atoms with Crippen LogP contribution in [0.25, 0.3) is 0 Å². The summed E-state index contributed by atoms with van der Waals surface area (Å²) in [5.41, 5.74) is 2.73. The number of nitrogens with one attached hydrogen (secondary N) is 1. The largest absolute Gasteiger partial charge is 0.357 e. The number of amides is 2. The van der Waals surface area contributed by atoms with E-state index in [9.17, 15) is 22.4 Å². The second-order valence-electron chi connectivity index (χ2n) is 9.34. The second-order valence-corrected chi connectivity index (χ2v) is 11.7. The maximum Gasteiger partial charge on any atom is 0.242 e. The third kappa shape index (κ3) is 8.53. The Bertz CT molecular complexity index is 1390. The maximum absolute atomic E-state index is 13.6. The van der Waals surface area contributed by atoms with Crippen molar-refractivity contribution >= 4 is 39.1 Å². The zero-order valence-electron chi connectivity index (χ0n) is 22.2. The van der Waals surface area contributed by atoms with Gasteiger partial charge in [0.1, 0.15) is 11.9 Å². The third-order valence-corrected chi connectivity index (χ3v) is 7.79. The Morgan fingerprint density at radius 3 is 2.28 bits per heavy atom. The van der Waals surface area contributed by atoms with Crippen LogP contribution in [0.15, 0.2) is 72.8 Å². The van der Waals surface area contributed by atoms with Crippen LogP contribution < -0.4 is 9.62 Å². The van der Waals surface area contributed by atoms with Crippen molar-refractivity contribution in [1.82, 2.24) is 10.2 Å². The van der Waals surface area contributed by atoms with Crippen molar-refractivity contribution in [2.45, 2.75) is 38.8 Å². The van der Waals surface area contributed by atoms with E-state index >= 15 is 0 Å². The molecule has 0 heterocycles. The van der Waals surface area contributed by atoms with E-state index in [1.54, 1.807) is 37.3 Å². The Morgan fingerprint density at radius 1 is 1.00 bits per heavy atom. The molecule has 0 unspecified atom stereocenters. The summed E-state index contributed by atoms with van der Waals surface area (Å²) in [5.74, 6) is -1.05. The number of hydrogen-bond acceptors (Lipinski definition) is 4. The summed E-state index contributed by atoms with van der Waals surface area (Å²) in [5, 5.41) is 3.05. The van der Waals surface area contributed by atoms with E-state index in [-0.39, 0.29) is 44.2 Å². The smallest absolute Gasteiger partial charge is 0.242 e. The Kier molecular flexibility index (Phi) is 10.5. The van der Waals surface area contributed by atoms with E-state index in [1.165, 1.54) is 28.4 Å². The molecular formula is C29H33ClFN3O4S. The van der Waals surface area contributed by atoms with Crippen molar-refractivity contribution in [3.05, 3.63) is 100 Å². The molecule has 0 fully saturated rings. The quantitative estimate of drug-likeness (QED) is 0.340. The molecule has 0 aliphatic rings. The van der Waals surface area contributed by atoms with Crippen molar-refractivity contribution in [2.75, 3.05) is 24.2 Å². The summed E-state index contributed by atoms with van der Waals surface area (Å²) in [6.07, 6.45) is 1.60. The van der Waals surface area contributed by atoms with Gasteiger partial charge >= 0.3 is 0 Å². The first-order chi connectivity index (χ1) is 18.5. The molecule has 208 valence electrons. The van der Waals surface area contributed by atoms with Gasteiger partial charge in [-0.1, -0.05) is 60.1 Å². The minimum Gasteiger partial charge on any atom is -0.357 e. The number of benzene rings is 3. The standard InChI is InChI=1S/C29H33ClFN3O4S/c1-21-11-14-24(30)19-26(21)34(39(3,37)38)17-7-10-28(35)33(20-23-12-15-25(31)16-13-23)27(29(36)32-2)18-22-8-5-4-6-9-22/h4-6,8-9,11-16,19,27H,7,10,17-18,20H2,1-3H3,(H,32,36)/t27-/m0/s1. The summed E-state index contributed by atoms with van der Waals surface area (Å²) in [6.45, 7) is 1.93. The van der Waals surface area contributed by atoms with Crippen LogP contribution in [0.1, 0.15) is 29.5 Å². The van der Waals surface area contributed by atoms with Gasteiger partial charge in [0, 0.05) is 38.0 Å². The zero-order valence-corrected chi connectivity index (χ0v) is 23.8. The molecule has 3 aromatic rings. The topological polar surface area (TPSA) is 86.8 Å². The molecule has 3 rings (SSSR count). The lowest BCUT2D eigenvalue weighted by Gasteiger charge is -2.31. The number of anilines is 1. The average molecular weight is 574 g/mol. The van der Waals surface area contributed by atoms with Gasteiger partial charge in [-0.3, -0.25) is 13.9 Å². The Morgan fingerprint density at radius 2 is 1.67 bits per heavy atom. The molecule has 0 aliphatic heterocycles. The molecule has 0 saturated heterocycles. The van der Waals surface area contributed by atoms with Crippen LogP contribution in [0, 0.1) is 12.7 Å². The number of hydrogen-bond donors (Lipinski definition) is 1. The highest BCUT2D eigenvalue weighted by Crippen LogP contribution is 2.27. The molecule has 39 heavy (non-hydrogen) atoms. The number of carbonyl (C=O) groups excluding carboxylic acids is 2. The molecule has 2 amide bonds. The molecule has 0 spiro atoms. The first-order valence-electron chi connectivity index (χ1n) is 12.5. The van der Waals surface area contributed by atoms with Crippen LogP contribution in [-0.4, -0.2) is 51.0 Å². The predicted molar refractivity (Wildman–Crippen MR) is 153 cm³/mol. The molecule has 1 N–H and O–H groups in total. The van der Waals surface area contributed by atoms with E-state index in [1.807, 2.05) is 30.3 Å². The van der Waals surface area contributed by atoms with Gasteiger partial charge in [0.05, 0.1) is 11.9 Å². The average Bonchev–Trinajstić information content (AvgIpc) is 2.90. The normalized spacial score (nSPS) is 12.0. The molecule has 7 nitrogen and oxygen atoms in total. The number of likely N-dealkylation sites (N-methyl/N-ethyl adjacent to an activating group) is 1. The number of nitrogens with zero attached hydrogens (tertiary/aromatic N) is 2. The highest BCUT2D eigenvalue weighted by atomic mass is 35.5. The number of sulfonamides is 1. The van der Waals surface area contributed by atoms with E-state index in [2.05, 4.69) is 5.32 Å². The van der Waals surface area contributed by atoms with Gasteiger partial charge in [0.25, 0.3) is 0 Å². The van der Waals surface area contributed by atoms with Crippen LogP contribution in [0.2, 0.25) is 5.02 Å². The monoisotopic (exact) mass is 573 g/mol. The number of carbonyl (C=O) groups is 2. The van der Waals surface area contributed by atoms with Crippen molar-refractivity contribution in [1.29, 1.82) is 0 Å². The van der Waals surface area contributed by atoms with Gasteiger partial charge in [0.15, 0.2) is 0 Å². The minimum atomic E-state index is -3.65. The van der Waals surface area contributed by atoms with E-state index < -0.39 is 21.9 Å². The summed E-state index contributed by atoms with van der Waals surface area (Å²) in [7, 11) is -2.14. The van der Waals surface area contributed by atoms with Crippen molar-refractivity contribution in [2.24, 2.45) is 0 Å². The van der Waals surface area contributed by atoms with E-state index in [0.717, 1.165) is 17.4 Å². The van der Waals surface area contributed by atoms with Gasteiger partial charge in [-0.15, -0.1) is 0 Å². The van der Waals surface area contributed by atoms with Gasteiger partial charge in [-0.05, 0) is 54.3 Å². The van der Waals surface area contributed by atoms with Crippen LogP contribution in [0.4, 0.5) is 10.1 Å². The van der Waals surface area contributed by atoms with Crippen LogP contribution in [0.5, 0.6) is 0 Å². The fourth-order valence-electron chi connectivity index (χ4n) is 4.34. The van der Waals surface area contributed by atoms with Gasteiger partial charge in [-0.25, -0.2) is 12.8 Å². The summed E-state index contributed by atoms with van der Waals surface area (Å²) in [4.78, 5) is 28.1. The van der Waals surface area contributed by atoms with Crippen molar-refractivity contribution in [3.63, 3.8) is 0 Å². The molecule has 3 aromatic carbocycles. The fraction of sp³-hybridized carbons (Fsp3) is 0.310. The Balaban J connectivity index is 1.86. The SMILES string of the molecule is CNC(=O)[C@H](Cc1ccccc1)N(Cc1ccc(F)cc1)C(=O)CCCN(c1cc(Cl)ccc1C)S(C)(=O)=O. The lowest BCUT2D eigenvalue weighted by Crippen LogP contribution is -2.49. The zero-order chi connectivity index (χ0) is 28.6. The lowest BCUT2D eigenvalue weighted by atomic mass is 10.0. The molecule has 0 aromatic heterocycles. The van der Waals surface area contributed by atoms with Crippen LogP contribution in [0.3, 0.4) is 0 Å².